The highest BCUT2D eigenvalue weighted by atomic mass is 16.4. The minimum absolute atomic E-state index is 0.531. The fourth-order valence-corrected chi connectivity index (χ4v) is 3.62. The Morgan fingerprint density at radius 1 is 0.767 bits per heavy atom. The highest BCUT2D eigenvalue weighted by Crippen LogP contribution is 2.39. The predicted octanol–water partition coefficient (Wildman–Crippen LogP) is 2.47. The Balaban J connectivity index is 2.24. The first kappa shape index (κ1) is 20.8. The van der Waals surface area contributed by atoms with E-state index in [9.17, 15) is 14.4 Å². The van der Waals surface area contributed by atoms with Gasteiger partial charge in [-0.3, -0.25) is 14.4 Å². The molecule has 0 radical (unpaired) electrons. The summed E-state index contributed by atoms with van der Waals surface area (Å²) in [6.45, 7) is 0. The van der Waals surface area contributed by atoms with E-state index in [0.29, 0.717) is 16.7 Å². The summed E-state index contributed by atoms with van der Waals surface area (Å²) in [6.07, 6.45) is -0.602. The second-order valence-corrected chi connectivity index (χ2v) is 6.87. The van der Waals surface area contributed by atoms with E-state index in [0.717, 1.165) is 0 Å². The van der Waals surface area contributed by atoms with Gasteiger partial charge in [0.15, 0.2) is 0 Å². The number of rotatable bonds is 8. The minimum Gasteiger partial charge on any atom is -0.481 e. The highest BCUT2D eigenvalue weighted by molar-refractivity contribution is 5.99. The van der Waals surface area contributed by atoms with Gasteiger partial charge in [-0.25, -0.2) is 0 Å². The summed E-state index contributed by atoms with van der Waals surface area (Å²) in [4.78, 5) is 36.9. The van der Waals surface area contributed by atoms with Crippen LogP contribution in [0.15, 0.2) is 91.0 Å². The first-order chi connectivity index (χ1) is 14.5. The number of amides is 2. The summed E-state index contributed by atoms with van der Waals surface area (Å²) in [5.41, 5.74) is 6.10. The van der Waals surface area contributed by atoms with Gasteiger partial charge in [0.05, 0.1) is 6.42 Å². The number of hydrogen-bond acceptors (Lipinski definition) is 3. The molecule has 0 aromatic heterocycles. The molecule has 0 unspecified atom stereocenters. The number of primary amides is 1. The van der Waals surface area contributed by atoms with Gasteiger partial charge in [0.1, 0.15) is 11.5 Å². The summed E-state index contributed by atoms with van der Waals surface area (Å²) in [6, 6.07) is 26.1. The largest absolute Gasteiger partial charge is 0.481 e. The van der Waals surface area contributed by atoms with Gasteiger partial charge in [0, 0.05) is 0 Å². The van der Waals surface area contributed by atoms with Crippen LogP contribution < -0.4 is 11.1 Å². The van der Waals surface area contributed by atoms with Crippen molar-refractivity contribution in [1.82, 2.24) is 5.32 Å². The smallest absolute Gasteiger partial charge is 0.305 e. The number of carbonyl (C=O) groups is 3. The van der Waals surface area contributed by atoms with Crippen LogP contribution in [0.3, 0.4) is 0 Å². The van der Waals surface area contributed by atoms with Crippen LogP contribution >= 0.6 is 0 Å². The van der Waals surface area contributed by atoms with Crippen LogP contribution in [0.5, 0.6) is 0 Å². The Morgan fingerprint density at radius 2 is 1.13 bits per heavy atom. The molecule has 0 spiro atoms. The second kappa shape index (κ2) is 9.05. The molecule has 0 aliphatic rings. The SMILES string of the molecule is NC(=O)[C@H](CC(=O)O)NC(=O)C(c1ccccc1)(c1ccccc1)c1ccccc1. The molecule has 0 fully saturated rings. The molecule has 3 rings (SSSR count). The Bertz CT molecular complexity index is 924. The Morgan fingerprint density at radius 3 is 1.43 bits per heavy atom. The third kappa shape index (κ3) is 4.07. The lowest BCUT2D eigenvalue weighted by Crippen LogP contribution is -2.53. The lowest BCUT2D eigenvalue weighted by atomic mass is 9.68. The maximum atomic E-state index is 13.9. The first-order valence-electron chi connectivity index (χ1n) is 9.45. The molecule has 0 aliphatic heterocycles. The van der Waals surface area contributed by atoms with Gasteiger partial charge in [-0.15, -0.1) is 0 Å². The van der Waals surface area contributed by atoms with Crippen molar-refractivity contribution in [2.75, 3.05) is 0 Å². The van der Waals surface area contributed by atoms with Gasteiger partial charge in [-0.05, 0) is 16.7 Å². The van der Waals surface area contributed by atoms with E-state index in [4.69, 9.17) is 10.8 Å². The van der Waals surface area contributed by atoms with Gasteiger partial charge in [-0.1, -0.05) is 91.0 Å². The third-order valence-corrected chi connectivity index (χ3v) is 4.99. The average molecular weight is 402 g/mol. The number of nitrogens with two attached hydrogens (primary N) is 1. The number of hydrogen-bond donors (Lipinski definition) is 3. The number of nitrogens with one attached hydrogen (secondary N) is 1. The number of aliphatic carboxylic acids is 1. The molecule has 3 aromatic rings. The first-order valence-corrected chi connectivity index (χ1v) is 9.45. The highest BCUT2D eigenvalue weighted by Gasteiger charge is 2.44. The van der Waals surface area contributed by atoms with Crippen LogP contribution in [0.4, 0.5) is 0 Å². The quantitative estimate of drug-likeness (QED) is 0.503. The molecule has 0 heterocycles. The van der Waals surface area contributed by atoms with Gasteiger partial charge >= 0.3 is 5.97 Å². The van der Waals surface area contributed by atoms with Crippen molar-refractivity contribution in [2.24, 2.45) is 5.73 Å². The van der Waals surface area contributed by atoms with E-state index in [-0.39, 0.29) is 0 Å². The van der Waals surface area contributed by atoms with E-state index in [1.165, 1.54) is 0 Å². The van der Waals surface area contributed by atoms with Crippen LogP contribution in [0.1, 0.15) is 23.1 Å². The molecule has 30 heavy (non-hydrogen) atoms. The molecule has 0 bridgehead atoms. The van der Waals surface area contributed by atoms with Crippen molar-refractivity contribution in [3.8, 4) is 0 Å². The maximum Gasteiger partial charge on any atom is 0.305 e. The maximum absolute atomic E-state index is 13.9. The molecule has 152 valence electrons. The Kier molecular flexibility index (Phi) is 6.27. The summed E-state index contributed by atoms with van der Waals surface area (Å²) >= 11 is 0. The normalized spacial score (nSPS) is 12.0. The number of carboxylic acid groups (broad SMARTS) is 1. The Hall–Kier alpha value is -3.93. The predicted molar refractivity (Wildman–Crippen MR) is 113 cm³/mol. The lowest BCUT2D eigenvalue weighted by Gasteiger charge is -2.35. The van der Waals surface area contributed by atoms with E-state index >= 15 is 0 Å². The van der Waals surface area contributed by atoms with E-state index < -0.39 is 35.7 Å². The lowest BCUT2D eigenvalue weighted by molar-refractivity contribution is -0.140. The summed E-state index contributed by atoms with van der Waals surface area (Å²) in [5.74, 6) is -2.67. The van der Waals surface area contributed by atoms with Crippen molar-refractivity contribution < 1.29 is 19.5 Å². The van der Waals surface area contributed by atoms with Crippen molar-refractivity contribution in [3.63, 3.8) is 0 Å². The minimum atomic E-state index is -1.34. The molecule has 6 heteroatoms. The molecular weight excluding hydrogens is 380 g/mol. The molecule has 0 saturated heterocycles. The fourth-order valence-electron chi connectivity index (χ4n) is 3.62. The Labute approximate surface area is 174 Å². The zero-order chi connectivity index (χ0) is 21.6. The van der Waals surface area contributed by atoms with Crippen LogP contribution in [0.2, 0.25) is 0 Å². The topological polar surface area (TPSA) is 109 Å². The van der Waals surface area contributed by atoms with Crippen LogP contribution in [0.25, 0.3) is 0 Å². The molecule has 1 atom stereocenters. The molecule has 2 amide bonds. The number of benzene rings is 3. The average Bonchev–Trinajstić information content (AvgIpc) is 2.76. The second-order valence-electron chi connectivity index (χ2n) is 6.87. The van der Waals surface area contributed by atoms with Crippen LogP contribution in [0, 0.1) is 0 Å². The number of carbonyl (C=O) groups excluding carboxylic acids is 2. The summed E-state index contributed by atoms with van der Waals surface area (Å²) in [7, 11) is 0. The van der Waals surface area contributed by atoms with E-state index in [2.05, 4.69) is 5.32 Å². The molecule has 0 aliphatic carbocycles. The molecule has 0 saturated carbocycles. The fraction of sp³-hybridized carbons (Fsp3) is 0.125. The van der Waals surface area contributed by atoms with Gasteiger partial charge in [-0.2, -0.15) is 0 Å². The zero-order valence-corrected chi connectivity index (χ0v) is 16.2. The third-order valence-electron chi connectivity index (χ3n) is 4.99. The van der Waals surface area contributed by atoms with Gasteiger partial charge < -0.3 is 16.2 Å². The zero-order valence-electron chi connectivity index (χ0n) is 16.2. The van der Waals surface area contributed by atoms with E-state index in [1.54, 1.807) is 0 Å². The summed E-state index contributed by atoms with van der Waals surface area (Å²) in [5, 5.41) is 11.7. The van der Waals surface area contributed by atoms with Crippen molar-refractivity contribution in [1.29, 1.82) is 0 Å². The standard InChI is InChI=1S/C24H22N2O4/c25-22(29)20(16-21(27)28)26-23(30)24(17-10-4-1-5-11-17,18-12-6-2-7-13-18)19-14-8-3-9-15-19/h1-15,20H,16H2,(H2,25,29)(H,26,30)(H,27,28)/t20-/m0/s1. The molecule has 3 aromatic carbocycles. The van der Waals surface area contributed by atoms with Gasteiger partial charge in [0.25, 0.3) is 0 Å². The van der Waals surface area contributed by atoms with Crippen molar-refractivity contribution >= 4 is 17.8 Å². The van der Waals surface area contributed by atoms with E-state index in [1.807, 2.05) is 91.0 Å². The van der Waals surface area contributed by atoms with Crippen LogP contribution in [-0.2, 0) is 19.8 Å². The molecule has 4 N–H and O–H groups in total. The van der Waals surface area contributed by atoms with Crippen LogP contribution in [-0.4, -0.2) is 28.9 Å². The monoisotopic (exact) mass is 402 g/mol. The summed E-state index contributed by atoms with van der Waals surface area (Å²) < 4.78 is 0. The van der Waals surface area contributed by atoms with Crippen molar-refractivity contribution in [3.05, 3.63) is 108 Å². The van der Waals surface area contributed by atoms with Gasteiger partial charge in [0.2, 0.25) is 11.8 Å². The number of carboxylic acids is 1. The van der Waals surface area contributed by atoms with Crippen molar-refractivity contribution in [2.45, 2.75) is 17.9 Å². The molecular formula is C24H22N2O4. The molecule has 6 nitrogen and oxygen atoms in total.